The van der Waals surface area contributed by atoms with E-state index in [2.05, 4.69) is 229 Å². The Hall–Kier alpha value is -7.22. The summed E-state index contributed by atoms with van der Waals surface area (Å²) in [5.74, 6) is 0. The summed E-state index contributed by atoms with van der Waals surface area (Å²) < 4.78 is 0. The van der Waals surface area contributed by atoms with E-state index in [1.54, 1.807) is 0 Å². The first-order valence-corrected chi connectivity index (χ1v) is 18.9. The molecular formula is C54H37N. The number of rotatable bonds is 7. The van der Waals surface area contributed by atoms with E-state index in [1.165, 1.54) is 76.8 Å². The zero-order chi connectivity index (χ0) is 36.6. The van der Waals surface area contributed by atoms with Crippen LogP contribution < -0.4 is 4.90 Å². The van der Waals surface area contributed by atoms with E-state index in [0.29, 0.717) is 0 Å². The lowest BCUT2D eigenvalue weighted by Crippen LogP contribution is -2.13. The van der Waals surface area contributed by atoms with Crippen molar-refractivity contribution in [1.82, 2.24) is 0 Å². The van der Waals surface area contributed by atoms with Crippen LogP contribution in [0.5, 0.6) is 0 Å². The van der Waals surface area contributed by atoms with Crippen LogP contribution in [0.4, 0.5) is 17.1 Å². The fourth-order valence-corrected chi connectivity index (χ4v) is 8.36. The summed E-state index contributed by atoms with van der Waals surface area (Å²) in [5, 5.41) is 7.48. The van der Waals surface area contributed by atoms with Crippen LogP contribution >= 0.6 is 0 Å². The summed E-state index contributed by atoms with van der Waals surface area (Å²) in [7, 11) is 0. The van der Waals surface area contributed by atoms with Crippen LogP contribution in [0.3, 0.4) is 0 Å². The number of fused-ring (bicyclic) bond motifs is 4. The molecule has 0 N–H and O–H groups in total. The largest absolute Gasteiger partial charge is 0.309 e. The quantitative estimate of drug-likeness (QED) is 0.150. The molecule has 0 saturated heterocycles. The van der Waals surface area contributed by atoms with Gasteiger partial charge < -0.3 is 4.90 Å². The number of benzene rings is 10. The van der Waals surface area contributed by atoms with Gasteiger partial charge in [-0.3, -0.25) is 0 Å². The van der Waals surface area contributed by atoms with Gasteiger partial charge in [0.2, 0.25) is 0 Å². The second-order valence-electron chi connectivity index (χ2n) is 14.1. The minimum Gasteiger partial charge on any atom is -0.309 e. The third-order valence-corrected chi connectivity index (χ3v) is 10.8. The van der Waals surface area contributed by atoms with E-state index in [0.717, 1.165) is 17.1 Å². The molecule has 0 fully saturated rings. The molecule has 0 aromatic heterocycles. The summed E-state index contributed by atoms with van der Waals surface area (Å²) in [6.45, 7) is 0. The molecule has 1 nitrogen and oxygen atoms in total. The molecule has 0 bridgehead atoms. The fourth-order valence-electron chi connectivity index (χ4n) is 8.36. The van der Waals surface area contributed by atoms with Crippen molar-refractivity contribution in [1.29, 1.82) is 0 Å². The monoisotopic (exact) mass is 699 g/mol. The lowest BCUT2D eigenvalue weighted by molar-refractivity contribution is 1.28. The number of hydrogen-bond donors (Lipinski definition) is 0. The summed E-state index contributed by atoms with van der Waals surface area (Å²) in [4.78, 5) is 2.48. The SMILES string of the molecule is c1ccc(-c2cccc(N(c3cccc(-c4cc5ccccc5c5ccccc45)c3)c3ccccc3-c3cccc4ccccc34)c2-c2ccccc2)cc1. The summed E-state index contributed by atoms with van der Waals surface area (Å²) in [5.41, 5.74) is 12.8. The zero-order valence-corrected chi connectivity index (χ0v) is 30.3. The van der Waals surface area contributed by atoms with E-state index in [4.69, 9.17) is 0 Å². The lowest BCUT2D eigenvalue weighted by Gasteiger charge is -2.31. The van der Waals surface area contributed by atoms with Gasteiger partial charge in [0.1, 0.15) is 0 Å². The standard InChI is InChI=1S/C54H37N/c1-3-18-39(19-4-1)46-32-17-35-53(54(46)40-21-5-2-6-22-40)55(52-34-14-13-31-50(52)48-33-16-24-38-20-7-9-27-44(38)48)43-26-15-25-41(36-43)51-37-42-23-8-10-28-45(42)47-29-11-12-30-49(47)51/h1-37H. The Kier molecular flexibility index (Phi) is 8.24. The van der Waals surface area contributed by atoms with Gasteiger partial charge in [-0.2, -0.15) is 0 Å². The Morgan fingerprint density at radius 1 is 0.255 bits per heavy atom. The predicted molar refractivity (Wildman–Crippen MR) is 235 cm³/mol. The molecule has 0 saturated carbocycles. The molecule has 0 aliphatic rings. The van der Waals surface area contributed by atoms with E-state index >= 15 is 0 Å². The topological polar surface area (TPSA) is 3.24 Å². The third kappa shape index (κ3) is 5.84. The predicted octanol–water partition coefficient (Wildman–Crippen LogP) is 15.3. The van der Waals surface area contributed by atoms with Crippen LogP contribution in [-0.2, 0) is 0 Å². The normalized spacial score (nSPS) is 11.3. The Morgan fingerprint density at radius 3 is 1.60 bits per heavy atom. The van der Waals surface area contributed by atoms with Gasteiger partial charge in [0.15, 0.2) is 0 Å². The van der Waals surface area contributed by atoms with Crippen molar-refractivity contribution in [3.8, 4) is 44.5 Å². The molecule has 0 spiro atoms. The summed E-state index contributed by atoms with van der Waals surface area (Å²) >= 11 is 0. The van der Waals surface area contributed by atoms with Crippen LogP contribution in [-0.4, -0.2) is 0 Å². The first-order valence-electron chi connectivity index (χ1n) is 18.9. The number of para-hydroxylation sites is 1. The molecule has 0 amide bonds. The van der Waals surface area contributed by atoms with Crippen LogP contribution in [0.2, 0.25) is 0 Å². The molecular weight excluding hydrogens is 663 g/mol. The molecule has 258 valence electrons. The smallest absolute Gasteiger partial charge is 0.0546 e. The average molecular weight is 700 g/mol. The molecule has 0 heterocycles. The van der Waals surface area contributed by atoms with Crippen molar-refractivity contribution in [3.05, 3.63) is 224 Å². The molecule has 0 unspecified atom stereocenters. The highest BCUT2D eigenvalue weighted by atomic mass is 15.1. The average Bonchev–Trinajstić information content (AvgIpc) is 3.27. The van der Waals surface area contributed by atoms with Crippen LogP contribution in [0.1, 0.15) is 0 Å². The second-order valence-corrected chi connectivity index (χ2v) is 14.1. The highest BCUT2D eigenvalue weighted by Crippen LogP contribution is 2.49. The van der Waals surface area contributed by atoms with Gasteiger partial charge >= 0.3 is 0 Å². The first-order chi connectivity index (χ1) is 27.3. The van der Waals surface area contributed by atoms with E-state index in [9.17, 15) is 0 Å². The van der Waals surface area contributed by atoms with Crippen molar-refractivity contribution in [2.45, 2.75) is 0 Å². The fraction of sp³-hybridized carbons (Fsp3) is 0. The van der Waals surface area contributed by atoms with Gasteiger partial charge in [-0.05, 0) is 96.0 Å². The maximum atomic E-state index is 2.48. The van der Waals surface area contributed by atoms with E-state index < -0.39 is 0 Å². The number of hydrogen-bond acceptors (Lipinski definition) is 1. The van der Waals surface area contributed by atoms with Gasteiger partial charge in [0, 0.05) is 16.8 Å². The van der Waals surface area contributed by atoms with Crippen molar-refractivity contribution in [2.24, 2.45) is 0 Å². The maximum absolute atomic E-state index is 2.48. The molecule has 1 heteroatoms. The molecule has 55 heavy (non-hydrogen) atoms. The highest BCUT2D eigenvalue weighted by Gasteiger charge is 2.24. The van der Waals surface area contributed by atoms with E-state index in [1.807, 2.05) is 0 Å². The lowest BCUT2D eigenvalue weighted by atomic mass is 9.90. The molecule has 0 aliphatic carbocycles. The molecule has 0 radical (unpaired) electrons. The molecule has 10 rings (SSSR count). The first kappa shape index (κ1) is 32.4. The highest BCUT2D eigenvalue weighted by molar-refractivity contribution is 6.14. The minimum atomic E-state index is 1.09. The van der Waals surface area contributed by atoms with Gasteiger partial charge in [-0.25, -0.2) is 0 Å². The molecule has 0 aliphatic heterocycles. The zero-order valence-electron chi connectivity index (χ0n) is 30.3. The van der Waals surface area contributed by atoms with Crippen molar-refractivity contribution < 1.29 is 0 Å². The Morgan fingerprint density at radius 2 is 0.782 bits per heavy atom. The third-order valence-electron chi connectivity index (χ3n) is 10.8. The van der Waals surface area contributed by atoms with Crippen LogP contribution in [0.25, 0.3) is 76.8 Å². The van der Waals surface area contributed by atoms with E-state index in [-0.39, 0.29) is 0 Å². The second kappa shape index (κ2) is 14.0. The minimum absolute atomic E-state index is 1.09. The maximum Gasteiger partial charge on any atom is 0.0546 e. The Bertz CT molecular complexity index is 2980. The summed E-state index contributed by atoms with van der Waals surface area (Å²) in [6, 6.07) is 81.6. The Labute approximate surface area is 322 Å². The van der Waals surface area contributed by atoms with Crippen molar-refractivity contribution >= 4 is 49.4 Å². The van der Waals surface area contributed by atoms with Gasteiger partial charge in [0.25, 0.3) is 0 Å². The molecule has 0 atom stereocenters. The number of nitrogens with zero attached hydrogens (tertiary/aromatic N) is 1. The van der Waals surface area contributed by atoms with Gasteiger partial charge in [0.05, 0.1) is 11.4 Å². The van der Waals surface area contributed by atoms with Gasteiger partial charge in [-0.1, -0.05) is 194 Å². The van der Waals surface area contributed by atoms with Crippen molar-refractivity contribution in [2.75, 3.05) is 4.90 Å². The molecule has 10 aromatic carbocycles. The van der Waals surface area contributed by atoms with Gasteiger partial charge in [-0.15, -0.1) is 0 Å². The Balaban J connectivity index is 1.28. The molecule has 10 aromatic rings. The van der Waals surface area contributed by atoms with Crippen LogP contribution in [0.15, 0.2) is 224 Å². The number of anilines is 3. The summed E-state index contributed by atoms with van der Waals surface area (Å²) in [6.07, 6.45) is 0. The van der Waals surface area contributed by atoms with Crippen molar-refractivity contribution in [3.63, 3.8) is 0 Å². The van der Waals surface area contributed by atoms with Crippen LogP contribution in [0, 0.1) is 0 Å².